The van der Waals surface area contributed by atoms with Crippen molar-refractivity contribution >= 4 is 23.1 Å². The molecule has 2 heterocycles. The van der Waals surface area contributed by atoms with Gasteiger partial charge < -0.3 is 24.0 Å². The average molecular weight is 545 g/mol. The Bertz CT molecular complexity index is 1430. The second-order valence-electron chi connectivity index (χ2n) is 9.27. The van der Waals surface area contributed by atoms with Crippen molar-refractivity contribution in [1.29, 1.82) is 0 Å². The van der Waals surface area contributed by atoms with Crippen LogP contribution in [0.25, 0.3) is 0 Å². The molecule has 1 aliphatic rings. The maximum Gasteiger partial charge on any atom is 0.298 e. The smallest absolute Gasteiger partial charge is 0.298 e. The minimum Gasteiger partial charge on any atom is -0.497 e. The van der Waals surface area contributed by atoms with E-state index in [0.717, 1.165) is 41.4 Å². The molecule has 1 aliphatic heterocycles. The number of hydrogen-bond donors (Lipinski definition) is 0. The fourth-order valence-corrected chi connectivity index (χ4v) is 5.14. The van der Waals surface area contributed by atoms with Gasteiger partial charge in [-0.05, 0) is 61.4 Å². The molecule has 202 valence electrons. The number of carbonyl (C=O) groups excluding carboxylic acids is 1. The second-order valence-corrected chi connectivity index (χ2v) is 9.98. The third-order valence-electron chi connectivity index (χ3n) is 6.65. The van der Waals surface area contributed by atoms with Crippen LogP contribution < -0.4 is 19.1 Å². The number of aromatic nitrogens is 2. The van der Waals surface area contributed by atoms with Gasteiger partial charge in [-0.1, -0.05) is 30.3 Å². The number of rotatable bonds is 9. The maximum absolute atomic E-state index is 13.4. The highest BCUT2D eigenvalue weighted by Gasteiger charge is 2.24. The lowest BCUT2D eigenvalue weighted by Crippen LogP contribution is -2.48. The van der Waals surface area contributed by atoms with Gasteiger partial charge in [0, 0.05) is 49.7 Å². The van der Waals surface area contributed by atoms with E-state index in [1.165, 1.54) is 11.5 Å². The minimum absolute atomic E-state index is 0.00595. The summed E-state index contributed by atoms with van der Waals surface area (Å²) in [5, 5.41) is 0.446. The molecule has 4 aromatic rings. The molecular weight excluding hydrogens is 512 g/mol. The quantitative estimate of drug-likeness (QED) is 0.271. The number of ether oxygens (including phenoxy) is 3. The largest absolute Gasteiger partial charge is 0.497 e. The summed E-state index contributed by atoms with van der Waals surface area (Å²) in [5.41, 5.74) is 3.65. The van der Waals surface area contributed by atoms with Gasteiger partial charge in [-0.2, -0.15) is 9.36 Å². The van der Waals surface area contributed by atoms with E-state index in [1.807, 2.05) is 73.3 Å². The Morgan fingerprint density at radius 2 is 1.79 bits per heavy atom. The number of benzene rings is 3. The molecule has 0 saturated carbocycles. The molecule has 8 nitrogen and oxygen atoms in total. The van der Waals surface area contributed by atoms with E-state index in [1.54, 1.807) is 13.2 Å². The molecule has 5 rings (SSSR count). The monoisotopic (exact) mass is 544 g/mol. The molecular formula is C30H32N4O4S. The highest BCUT2D eigenvalue weighted by molar-refractivity contribution is 7.07. The van der Waals surface area contributed by atoms with Crippen molar-refractivity contribution < 1.29 is 19.0 Å². The summed E-state index contributed by atoms with van der Waals surface area (Å²) < 4.78 is 21.6. The van der Waals surface area contributed by atoms with E-state index in [2.05, 4.69) is 20.3 Å². The summed E-state index contributed by atoms with van der Waals surface area (Å²) in [6.45, 7) is 7.31. The van der Waals surface area contributed by atoms with Crippen LogP contribution in [0.2, 0.25) is 0 Å². The molecule has 1 saturated heterocycles. The predicted molar refractivity (Wildman–Crippen MR) is 153 cm³/mol. The van der Waals surface area contributed by atoms with Crippen molar-refractivity contribution in [3.05, 3.63) is 89.2 Å². The van der Waals surface area contributed by atoms with E-state index in [-0.39, 0.29) is 5.91 Å². The van der Waals surface area contributed by atoms with E-state index in [4.69, 9.17) is 14.2 Å². The molecule has 1 amide bonds. The SMILES string of the molecule is CCOc1ccccc1N1CCN(C(=O)c2ccc(C)c(Oc3nc(Cc4cccc(OC)c4)ns3)c2)CC1. The zero-order chi connectivity index (χ0) is 27.2. The first kappa shape index (κ1) is 26.5. The highest BCUT2D eigenvalue weighted by atomic mass is 32.1. The van der Waals surface area contributed by atoms with Crippen LogP contribution in [0.3, 0.4) is 0 Å². The van der Waals surface area contributed by atoms with Crippen LogP contribution in [-0.4, -0.2) is 60.1 Å². The summed E-state index contributed by atoms with van der Waals surface area (Å²) >= 11 is 1.20. The van der Waals surface area contributed by atoms with Gasteiger partial charge in [-0.3, -0.25) is 4.79 Å². The standard InChI is InChI=1S/C30H32N4O4S/c1-4-37-26-11-6-5-10-25(26)33-14-16-34(17-15-33)29(35)23-13-12-21(2)27(20-23)38-30-31-28(32-39-30)19-22-8-7-9-24(18-22)36-3/h5-13,18,20H,4,14-17,19H2,1-3H3. The van der Waals surface area contributed by atoms with Gasteiger partial charge in [0.25, 0.3) is 11.1 Å². The van der Waals surface area contributed by atoms with Crippen LogP contribution in [0.15, 0.2) is 66.7 Å². The van der Waals surface area contributed by atoms with Crippen LogP contribution in [0.4, 0.5) is 5.69 Å². The van der Waals surface area contributed by atoms with Crippen molar-refractivity contribution in [1.82, 2.24) is 14.3 Å². The molecule has 0 bridgehead atoms. The summed E-state index contributed by atoms with van der Waals surface area (Å²) in [6, 6.07) is 21.5. The molecule has 3 aromatic carbocycles. The number of nitrogens with zero attached hydrogens (tertiary/aromatic N) is 4. The van der Waals surface area contributed by atoms with Crippen molar-refractivity contribution in [3.8, 4) is 22.4 Å². The average Bonchev–Trinajstić information content (AvgIpc) is 3.41. The number of methoxy groups -OCH3 is 1. The number of amides is 1. The van der Waals surface area contributed by atoms with Crippen molar-refractivity contribution in [2.45, 2.75) is 20.3 Å². The Morgan fingerprint density at radius 3 is 2.59 bits per heavy atom. The molecule has 0 N–H and O–H groups in total. The number of hydrogen-bond acceptors (Lipinski definition) is 8. The lowest BCUT2D eigenvalue weighted by molar-refractivity contribution is 0.0746. The highest BCUT2D eigenvalue weighted by Crippen LogP contribution is 2.31. The predicted octanol–water partition coefficient (Wildman–Crippen LogP) is 5.60. The van der Waals surface area contributed by atoms with Gasteiger partial charge in [0.05, 0.1) is 19.4 Å². The van der Waals surface area contributed by atoms with Gasteiger partial charge in [-0.15, -0.1) is 0 Å². The van der Waals surface area contributed by atoms with Gasteiger partial charge in [0.2, 0.25) is 0 Å². The second kappa shape index (κ2) is 12.2. The first-order chi connectivity index (χ1) is 19.0. The van der Waals surface area contributed by atoms with Crippen molar-refractivity contribution in [2.75, 3.05) is 44.8 Å². The number of aryl methyl sites for hydroxylation is 1. The molecule has 0 spiro atoms. The molecule has 1 aromatic heterocycles. The number of carbonyl (C=O) groups is 1. The van der Waals surface area contributed by atoms with Crippen LogP contribution in [0.1, 0.15) is 34.2 Å². The topological polar surface area (TPSA) is 77.0 Å². The zero-order valence-electron chi connectivity index (χ0n) is 22.4. The molecule has 0 unspecified atom stereocenters. The van der Waals surface area contributed by atoms with Gasteiger partial charge in [-0.25, -0.2) is 0 Å². The summed E-state index contributed by atoms with van der Waals surface area (Å²) in [5.74, 6) is 2.95. The minimum atomic E-state index is -0.00595. The summed E-state index contributed by atoms with van der Waals surface area (Å²) in [4.78, 5) is 22.1. The van der Waals surface area contributed by atoms with Crippen molar-refractivity contribution in [2.24, 2.45) is 0 Å². The molecule has 0 radical (unpaired) electrons. The fourth-order valence-electron chi connectivity index (χ4n) is 4.58. The molecule has 9 heteroatoms. The number of anilines is 1. The Labute approximate surface area is 232 Å². The first-order valence-electron chi connectivity index (χ1n) is 13.0. The lowest BCUT2D eigenvalue weighted by atomic mass is 10.1. The van der Waals surface area contributed by atoms with Gasteiger partial charge in [0.15, 0.2) is 5.82 Å². The van der Waals surface area contributed by atoms with E-state index >= 15 is 0 Å². The van der Waals surface area contributed by atoms with E-state index < -0.39 is 0 Å². The number of para-hydroxylation sites is 2. The van der Waals surface area contributed by atoms with Crippen LogP contribution in [0, 0.1) is 6.92 Å². The van der Waals surface area contributed by atoms with Gasteiger partial charge in [0.1, 0.15) is 17.2 Å². The summed E-state index contributed by atoms with van der Waals surface area (Å²) in [7, 11) is 1.65. The third kappa shape index (κ3) is 6.31. The Balaban J connectivity index is 1.23. The first-order valence-corrected chi connectivity index (χ1v) is 13.8. The molecule has 0 aliphatic carbocycles. The molecule has 0 atom stereocenters. The van der Waals surface area contributed by atoms with Crippen LogP contribution in [-0.2, 0) is 6.42 Å². The molecule has 39 heavy (non-hydrogen) atoms. The van der Waals surface area contributed by atoms with Crippen LogP contribution in [0.5, 0.6) is 22.4 Å². The normalized spacial score (nSPS) is 13.3. The third-order valence-corrected chi connectivity index (χ3v) is 7.28. The van der Waals surface area contributed by atoms with Crippen LogP contribution >= 0.6 is 11.5 Å². The van der Waals surface area contributed by atoms with E-state index in [0.29, 0.717) is 48.4 Å². The Hall–Kier alpha value is -4.11. The lowest BCUT2D eigenvalue weighted by Gasteiger charge is -2.36. The molecule has 1 fully saturated rings. The van der Waals surface area contributed by atoms with Gasteiger partial charge >= 0.3 is 0 Å². The number of piperazine rings is 1. The Morgan fingerprint density at radius 1 is 0.974 bits per heavy atom. The van der Waals surface area contributed by atoms with E-state index in [9.17, 15) is 4.79 Å². The fraction of sp³-hybridized carbons (Fsp3) is 0.300. The summed E-state index contributed by atoms with van der Waals surface area (Å²) in [6.07, 6.45) is 0.579. The maximum atomic E-state index is 13.4. The Kier molecular flexibility index (Phi) is 8.27. The zero-order valence-corrected chi connectivity index (χ0v) is 23.2. The van der Waals surface area contributed by atoms with Crippen molar-refractivity contribution in [3.63, 3.8) is 0 Å².